The van der Waals surface area contributed by atoms with Gasteiger partial charge in [0.2, 0.25) is 5.91 Å². The molecule has 0 saturated heterocycles. The summed E-state index contributed by atoms with van der Waals surface area (Å²) < 4.78 is 9.92. The molecule has 2 atom stereocenters. The van der Waals surface area contributed by atoms with E-state index in [-0.39, 0.29) is 23.6 Å². The Morgan fingerprint density at radius 3 is 2.67 bits per heavy atom. The molecule has 1 aromatic heterocycles. The van der Waals surface area contributed by atoms with E-state index in [9.17, 15) is 14.4 Å². The lowest BCUT2D eigenvalue weighted by molar-refractivity contribution is -0.152. The monoisotopic (exact) mass is 355 g/mol. The lowest BCUT2D eigenvalue weighted by Crippen LogP contribution is -2.37. The van der Waals surface area contributed by atoms with Gasteiger partial charge in [0.15, 0.2) is 11.9 Å². The molecule has 132 valence electrons. The van der Waals surface area contributed by atoms with Gasteiger partial charge in [0.05, 0.1) is 11.0 Å². The average Bonchev–Trinajstić information content (AvgIpc) is 3.25. The van der Waals surface area contributed by atoms with E-state index < -0.39 is 17.3 Å². The van der Waals surface area contributed by atoms with Crippen LogP contribution in [0.25, 0.3) is 0 Å². The minimum absolute atomic E-state index is 0.0204. The number of ether oxygens (including phenoxy) is 1. The first-order chi connectivity index (χ1) is 11.3. The number of carbonyl (C=O) groups is 3. The van der Waals surface area contributed by atoms with Gasteiger partial charge in [-0.1, -0.05) is 5.16 Å². The maximum absolute atomic E-state index is 12.0. The fraction of sp³-hybridized carbons (Fsp3) is 0.600. The van der Waals surface area contributed by atoms with Crippen molar-refractivity contribution in [2.45, 2.75) is 51.0 Å². The van der Waals surface area contributed by atoms with Crippen molar-refractivity contribution >= 4 is 35.4 Å². The van der Waals surface area contributed by atoms with Gasteiger partial charge in [0.1, 0.15) is 5.76 Å². The molecule has 0 bridgehead atoms. The third kappa shape index (κ3) is 5.88. The molecule has 1 aliphatic carbocycles. The molecule has 2 rings (SSSR count). The largest absolute Gasteiger partial charge is 0.452 e. The Balaban J connectivity index is 1.67. The van der Waals surface area contributed by atoms with Crippen molar-refractivity contribution < 1.29 is 23.6 Å². The van der Waals surface area contributed by atoms with Crippen LogP contribution in [0.5, 0.6) is 0 Å². The second kappa shape index (κ2) is 8.18. The van der Waals surface area contributed by atoms with Crippen LogP contribution in [0.4, 0.5) is 5.82 Å². The number of nitrogens with zero attached hydrogens (tertiary/aromatic N) is 1. The molecule has 0 aromatic carbocycles. The van der Waals surface area contributed by atoms with Gasteiger partial charge >= 0.3 is 5.97 Å². The summed E-state index contributed by atoms with van der Waals surface area (Å²) in [7, 11) is 0. The van der Waals surface area contributed by atoms with Crippen molar-refractivity contribution in [3.05, 3.63) is 11.8 Å². The molecule has 2 amide bonds. The van der Waals surface area contributed by atoms with Crippen molar-refractivity contribution in [2.24, 2.45) is 0 Å². The smallest absolute Gasteiger partial charge is 0.316 e. The molecule has 0 radical (unpaired) electrons. The van der Waals surface area contributed by atoms with Crippen molar-refractivity contribution in [3.63, 3.8) is 0 Å². The highest BCUT2D eigenvalue weighted by atomic mass is 32.2. The predicted octanol–water partition coefficient (Wildman–Crippen LogP) is 1.25. The Morgan fingerprint density at radius 2 is 2.08 bits per heavy atom. The lowest BCUT2D eigenvalue weighted by atomic mass is 10.3. The second-order valence-corrected chi connectivity index (χ2v) is 7.01. The zero-order valence-corrected chi connectivity index (χ0v) is 14.6. The van der Waals surface area contributed by atoms with Crippen molar-refractivity contribution in [1.82, 2.24) is 10.5 Å². The van der Waals surface area contributed by atoms with Crippen LogP contribution >= 0.6 is 11.8 Å². The molecule has 1 fully saturated rings. The van der Waals surface area contributed by atoms with Gasteiger partial charge in [0.25, 0.3) is 5.91 Å². The number of esters is 1. The Morgan fingerprint density at radius 1 is 1.38 bits per heavy atom. The van der Waals surface area contributed by atoms with Gasteiger partial charge in [0, 0.05) is 12.1 Å². The summed E-state index contributed by atoms with van der Waals surface area (Å²) in [4.78, 5) is 35.4. The maximum Gasteiger partial charge on any atom is 0.316 e. The van der Waals surface area contributed by atoms with Gasteiger partial charge in [-0.15, -0.1) is 11.8 Å². The topological polar surface area (TPSA) is 111 Å². The highest BCUT2D eigenvalue weighted by Crippen LogP contribution is 2.19. The number of nitrogens with one attached hydrogen (secondary N) is 2. The number of aryl methyl sites for hydroxylation is 1. The number of rotatable bonds is 8. The van der Waals surface area contributed by atoms with Crippen LogP contribution in [0.15, 0.2) is 10.6 Å². The van der Waals surface area contributed by atoms with Crippen LogP contribution < -0.4 is 10.6 Å². The molecule has 0 unspecified atom stereocenters. The van der Waals surface area contributed by atoms with E-state index in [1.165, 1.54) is 6.92 Å². The fourth-order valence-electron chi connectivity index (χ4n) is 1.75. The highest BCUT2D eigenvalue weighted by molar-refractivity contribution is 8.01. The molecule has 24 heavy (non-hydrogen) atoms. The quantitative estimate of drug-likeness (QED) is 0.675. The van der Waals surface area contributed by atoms with Gasteiger partial charge in [-0.25, -0.2) is 0 Å². The van der Waals surface area contributed by atoms with E-state index in [2.05, 4.69) is 15.8 Å². The Labute approximate surface area is 144 Å². The van der Waals surface area contributed by atoms with E-state index in [1.807, 2.05) is 0 Å². The van der Waals surface area contributed by atoms with E-state index in [0.717, 1.165) is 24.6 Å². The van der Waals surface area contributed by atoms with Crippen molar-refractivity contribution in [1.29, 1.82) is 0 Å². The highest BCUT2D eigenvalue weighted by Gasteiger charge is 2.27. The van der Waals surface area contributed by atoms with Gasteiger partial charge in [-0.05, 0) is 33.6 Å². The minimum atomic E-state index is -0.832. The summed E-state index contributed by atoms with van der Waals surface area (Å²) in [5.41, 5.74) is 0. The maximum atomic E-state index is 12.0. The number of carbonyl (C=O) groups excluding carboxylic acids is 3. The van der Waals surface area contributed by atoms with Crippen LogP contribution in [-0.4, -0.2) is 46.1 Å². The van der Waals surface area contributed by atoms with Gasteiger partial charge < -0.3 is 19.9 Å². The van der Waals surface area contributed by atoms with Crippen LogP contribution in [-0.2, 0) is 19.1 Å². The van der Waals surface area contributed by atoms with Crippen LogP contribution in [0.1, 0.15) is 32.4 Å². The third-order valence-electron chi connectivity index (χ3n) is 3.30. The number of anilines is 1. The molecular weight excluding hydrogens is 334 g/mol. The first-order valence-corrected chi connectivity index (χ1v) is 8.75. The molecule has 1 aromatic rings. The Bertz CT molecular complexity index is 614. The Kier molecular flexibility index (Phi) is 6.24. The summed E-state index contributed by atoms with van der Waals surface area (Å²) >= 11 is 1.12. The second-order valence-electron chi connectivity index (χ2n) is 5.68. The van der Waals surface area contributed by atoms with Crippen molar-refractivity contribution in [2.75, 3.05) is 11.1 Å². The summed E-state index contributed by atoms with van der Waals surface area (Å²) in [6.45, 7) is 4.92. The summed E-state index contributed by atoms with van der Waals surface area (Å²) in [5.74, 6) is -0.211. The zero-order chi connectivity index (χ0) is 17.7. The predicted molar refractivity (Wildman–Crippen MR) is 88.5 cm³/mol. The van der Waals surface area contributed by atoms with Gasteiger partial charge in [-0.2, -0.15) is 0 Å². The number of hydrogen-bond acceptors (Lipinski definition) is 7. The number of amides is 2. The van der Waals surface area contributed by atoms with E-state index >= 15 is 0 Å². The molecule has 0 spiro atoms. The molecule has 1 saturated carbocycles. The first-order valence-electron chi connectivity index (χ1n) is 7.71. The van der Waals surface area contributed by atoms with Gasteiger partial charge in [-0.3, -0.25) is 14.4 Å². The van der Waals surface area contributed by atoms with Crippen LogP contribution in [0.2, 0.25) is 0 Å². The molecule has 9 heteroatoms. The number of aromatic nitrogens is 1. The summed E-state index contributed by atoms with van der Waals surface area (Å²) in [6.07, 6.45) is 1.11. The Hall–Kier alpha value is -2.03. The van der Waals surface area contributed by atoms with Crippen molar-refractivity contribution in [3.8, 4) is 0 Å². The van der Waals surface area contributed by atoms with Crippen LogP contribution in [0.3, 0.4) is 0 Å². The summed E-state index contributed by atoms with van der Waals surface area (Å²) in [5, 5.41) is 8.55. The standard InChI is InChI=1S/C15H21N3O5S/c1-8-6-12(18-23-8)17-15(21)10(3)24-7-13(19)22-9(2)14(20)16-11-4-5-11/h6,9-11H,4-5,7H2,1-3H3,(H,16,20)(H,17,18,21)/t9-,10+/m1/s1. The van der Waals surface area contributed by atoms with Crippen LogP contribution in [0, 0.1) is 6.92 Å². The molecule has 1 heterocycles. The zero-order valence-electron chi connectivity index (χ0n) is 13.8. The fourth-order valence-corrected chi connectivity index (χ4v) is 2.42. The van der Waals surface area contributed by atoms with E-state index in [4.69, 9.17) is 9.26 Å². The normalized spacial score (nSPS) is 16.1. The first kappa shape index (κ1) is 18.3. The van der Waals surface area contributed by atoms with E-state index in [0.29, 0.717) is 11.6 Å². The summed E-state index contributed by atoms with van der Waals surface area (Å²) in [6, 6.07) is 1.82. The number of hydrogen-bond donors (Lipinski definition) is 2. The SMILES string of the molecule is Cc1cc(NC(=O)[C@H](C)SCC(=O)O[C@H](C)C(=O)NC2CC2)no1. The number of thioether (sulfide) groups is 1. The molecule has 1 aliphatic rings. The molecule has 0 aliphatic heterocycles. The average molecular weight is 355 g/mol. The molecule has 2 N–H and O–H groups in total. The third-order valence-corrected chi connectivity index (χ3v) is 4.42. The lowest BCUT2D eigenvalue weighted by Gasteiger charge is -2.14. The minimum Gasteiger partial charge on any atom is -0.452 e. The molecule has 8 nitrogen and oxygen atoms in total. The molecular formula is C15H21N3O5S. The van der Waals surface area contributed by atoms with E-state index in [1.54, 1.807) is 19.9 Å².